The first kappa shape index (κ1) is 12.1. The summed E-state index contributed by atoms with van der Waals surface area (Å²) in [4.78, 5) is 4.34. The molecule has 1 atom stereocenters. The lowest BCUT2D eigenvalue weighted by Crippen LogP contribution is -2.08. The van der Waals surface area contributed by atoms with Gasteiger partial charge in [0, 0.05) is 16.4 Å². The van der Waals surface area contributed by atoms with E-state index >= 15 is 0 Å². The van der Waals surface area contributed by atoms with Crippen LogP contribution in [0.2, 0.25) is 0 Å². The zero-order valence-electron chi connectivity index (χ0n) is 9.94. The minimum absolute atomic E-state index is 0.190. The highest BCUT2D eigenvalue weighted by Crippen LogP contribution is 2.26. The van der Waals surface area contributed by atoms with Gasteiger partial charge in [-0.3, -0.25) is 4.98 Å². The molecule has 0 fully saturated rings. The Morgan fingerprint density at radius 3 is 2.71 bits per heavy atom. The molecular formula is C14H15BrN2. The highest BCUT2D eigenvalue weighted by molar-refractivity contribution is 9.10. The maximum Gasteiger partial charge on any atom is 0.0657 e. The van der Waals surface area contributed by atoms with Gasteiger partial charge in [-0.15, -0.1) is 0 Å². The Morgan fingerprint density at radius 1 is 1.24 bits per heavy atom. The summed E-state index contributed by atoms with van der Waals surface area (Å²) in [7, 11) is 0. The largest absolute Gasteiger partial charge is 0.376 e. The van der Waals surface area contributed by atoms with Crippen molar-refractivity contribution in [3.8, 4) is 0 Å². The van der Waals surface area contributed by atoms with Gasteiger partial charge >= 0.3 is 0 Å². The van der Waals surface area contributed by atoms with Gasteiger partial charge in [0.2, 0.25) is 0 Å². The van der Waals surface area contributed by atoms with Gasteiger partial charge in [0.05, 0.1) is 11.7 Å². The summed E-state index contributed by atoms with van der Waals surface area (Å²) in [6.07, 6.45) is 1.82. The fourth-order valence-corrected chi connectivity index (χ4v) is 2.28. The predicted octanol–water partition coefficient (Wildman–Crippen LogP) is 4.33. The molecule has 0 aliphatic rings. The summed E-state index contributed by atoms with van der Waals surface area (Å²) in [6.45, 7) is 4.19. The lowest BCUT2D eigenvalue weighted by atomic mass is 10.2. The van der Waals surface area contributed by atoms with Crippen molar-refractivity contribution in [1.29, 1.82) is 0 Å². The van der Waals surface area contributed by atoms with Gasteiger partial charge in [-0.2, -0.15) is 0 Å². The normalized spacial score (nSPS) is 12.2. The number of aromatic nitrogens is 1. The van der Waals surface area contributed by atoms with Crippen molar-refractivity contribution in [1.82, 2.24) is 4.98 Å². The van der Waals surface area contributed by atoms with Crippen molar-refractivity contribution >= 4 is 21.6 Å². The number of rotatable bonds is 3. The fourth-order valence-electron chi connectivity index (χ4n) is 1.68. The topological polar surface area (TPSA) is 24.9 Å². The molecular weight excluding hydrogens is 276 g/mol. The van der Waals surface area contributed by atoms with Crippen LogP contribution >= 0.6 is 15.9 Å². The third kappa shape index (κ3) is 3.07. The van der Waals surface area contributed by atoms with Crippen LogP contribution in [0.5, 0.6) is 0 Å². The van der Waals surface area contributed by atoms with Gasteiger partial charge in [0.25, 0.3) is 0 Å². The number of aryl methyl sites for hydroxylation is 1. The van der Waals surface area contributed by atoms with Gasteiger partial charge in [-0.05, 0) is 59.6 Å². The molecule has 1 aromatic heterocycles. The molecule has 2 rings (SSSR count). The zero-order chi connectivity index (χ0) is 12.3. The maximum atomic E-state index is 4.34. The van der Waals surface area contributed by atoms with Crippen molar-refractivity contribution in [2.24, 2.45) is 0 Å². The first-order valence-electron chi connectivity index (χ1n) is 5.60. The van der Waals surface area contributed by atoms with E-state index in [0.29, 0.717) is 0 Å². The zero-order valence-corrected chi connectivity index (χ0v) is 11.5. The molecule has 17 heavy (non-hydrogen) atoms. The molecule has 3 heteroatoms. The van der Waals surface area contributed by atoms with Gasteiger partial charge in [-0.25, -0.2) is 0 Å². The molecule has 1 N–H and O–H groups in total. The fraction of sp³-hybridized carbons (Fsp3) is 0.214. The Kier molecular flexibility index (Phi) is 3.79. The van der Waals surface area contributed by atoms with Crippen LogP contribution in [0.3, 0.4) is 0 Å². The Bertz CT molecular complexity index is 497. The molecule has 1 unspecified atom stereocenters. The monoisotopic (exact) mass is 290 g/mol. The molecule has 0 amide bonds. The summed E-state index contributed by atoms with van der Waals surface area (Å²) in [5.74, 6) is 0. The van der Waals surface area contributed by atoms with Crippen LogP contribution in [0, 0.1) is 6.92 Å². The van der Waals surface area contributed by atoms with Crippen molar-refractivity contribution < 1.29 is 0 Å². The number of nitrogens with zero attached hydrogens (tertiary/aromatic N) is 1. The Labute approximate surface area is 110 Å². The van der Waals surface area contributed by atoms with Crippen LogP contribution in [-0.2, 0) is 0 Å². The van der Waals surface area contributed by atoms with E-state index in [1.807, 2.05) is 24.4 Å². The van der Waals surface area contributed by atoms with Crippen molar-refractivity contribution in [3.05, 3.63) is 58.3 Å². The van der Waals surface area contributed by atoms with Crippen LogP contribution in [0.25, 0.3) is 0 Å². The molecule has 2 aromatic rings. The van der Waals surface area contributed by atoms with Gasteiger partial charge in [0.1, 0.15) is 0 Å². The first-order chi connectivity index (χ1) is 8.16. The quantitative estimate of drug-likeness (QED) is 0.910. The van der Waals surface area contributed by atoms with Crippen LogP contribution < -0.4 is 5.32 Å². The second-order valence-electron chi connectivity index (χ2n) is 4.10. The minimum atomic E-state index is 0.190. The highest BCUT2D eigenvalue weighted by Gasteiger charge is 2.07. The van der Waals surface area contributed by atoms with Gasteiger partial charge in [-0.1, -0.05) is 12.1 Å². The number of hydrogen-bond donors (Lipinski definition) is 1. The average molecular weight is 291 g/mol. The first-order valence-corrected chi connectivity index (χ1v) is 6.40. The molecule has 0 aliphatic carbocycles. The van der Waals surface area contributed by atoms with E-state index in [4.69, 9.17) is 0 Å². The van der Waals surface area contributed by atoms with E-state index in [0.717, 1.165) is 15.9 Å². The standard InChI is InChI=1S/C14H15BrN2/c1-10-6-7-14(12(15)9-10)17-11(2)13-5-3-4-8-16-13/h3-9,11,17H,1-2H3. The number of halogens is 1. The smallest absolute Gasteiger partial charge is 0.0657 e. The second kappa shape index (κ2) is 5.32. The van der Waals surface area contributed by atoms with Crippen LogP contribution in [0.4, 0.5) is 5.69 Å². The molecule has 0 bridgehead atoms. The maximum absolute atomic E-state index is 4.34. The van der Waals surface area contributed by atoms with E-state index in [1.165, 1.54) is 5.56 Å². The van der Waals surface area contributed by atoms with E-state index in [9.17, 15) is 0 Å². The third-order valence-corrected chi connectivity index (χ3v) is 3.28. The van der Waals surface area contributed by atoms with E-state index in [-0.39, 0.29) is 6.04 Å². The number of nitrogens with one attached hydrogen (secondary N) is 1. The van der Waals surface area contributed by atoms with Crippen LogP contribution in [0.1, 0.15) is 24.2 Å². The number of anilines is 1. The van der Waals surface area contributed by atoms with Crippen molar-refractivity contribution in [2.45, 2.75) is 19.9 Å². The molecule has 88 valence electrons. The van der Waals surface area contributed by atoms with Crippen LogP contribution in [-0.4, -0.2) is 4.98 Å². The summed E-state index contributed by atoms with van der Waals surface area (Å²) in [5.41, 5.74) is 3.38. The van der Waals surface area contributed by atoms with Gasteiger partial charge in [0.15, 0.2) is 0 Å². The van der Waals surface area contributed by atoms with Gasteiger partial charge < -0.3 is 5.32 Å². The van der Waals surface area contributed by atoms with E-state index in [2.05, 4.69) is 58.3 Å². The number of hydrogen-bond acceptors (Lipinski definition) is 2. The molecule has 1 aromatic carbocycles. The summed E-state index contributed by atoms with van der Waals surface area (Å²) in [6, 6.07) is 12.4. The Balaban J connectivity index is 2.16. The molecule has 0 saturated carbocycles. The van der Waals surface area contributed by atoms with Crippen LogP contribution in [0.15, 0.2) is 47.1 Å². The average Bonchev–Trinajstić information content (AvgIpc) is 2.34. The van der Waals surface area contributed by atoms with E-state index < -0.39 is 0 Å². The number of pyridine rings is 1. The lowest BCUT2D eigenvalue weighted by molar-refractivity contribution is 0.838. The third-order valence-electron chi connectivity index (χ3n) is 2.63. The summed E-state index contributed by atoms with van der Waals surface area (Å²) >= 11 is 3.57. The second-order valence-corrected chi connectivity index (χ2v) is 4.96. The molecule has 2 nitrogen and oxygen atoms in total. The summed E-state index contributed by atoms with van der Waals surface area (Å²) < 4.78 is 1.08. The SMILES string of the molecule is Cc1ccc(NC(C)c2ccccn2)c(Br)c1. The molecule has 0 saturated heterocycles. The molecule has 0 aliphatic heterocycles. The lowest BCUT2D eigenvalue weighted by Gasteiger charge is -2.16. The van der Waals surface area contributed by atoms with Crippen molar-refractivity contribution in [2.75, 3.05) is 5.32 Å². The molecule has 0 radical (unpaired) electrons. The van der Waals surface area contributed by atoms with E-state index in [1.54, 1.807) is 0 Å². The molecule has 1 heterocycles. The Morgan fingerprint density at radius 2 is 2.06 bits per heavy atom. The summed E-state index contributed by atoms with van der Waals surface area (Å²) in [5, 5.41) is 3.44. The molecule has 0 spiro atoms. The van der Waals surface area contributed by atoms with Crippen molar-refractivity contribution in [3.63, 3.8) is 0 Å². The predicted molar refractivity (Wildman–Crippen MR) is 75.2 cm³/mol. The minimum Gasteiger partial charge on any atom is -0.376 e. The number of benzene rings is 1. The Hall–Kier alpha value is -1.35. The highest BCUT2D eigenvalue weighted by atomic mass is 79.9.